The lowest BCUT2D eigenvalue weighted by atomic mass is 10.2. The molecular formula is C10H17NO4. The van der Waals surface area contributed by atoms with Crippen molar-refractivity contribution in [2.24, 2.45) is 0 Å². The van der Waals surface area contributed by atoms with E-state index in [0.29, 0.717) is 6.42 Å². The molecule has 15 heavy (non-hydrogen) atoms. The third kappa shape index (κ3) is 5.17. The van der Waals surface area contributed by atoms with Crippen LogP contribution in [0.1, 0.15) is 6.42 Å². The van der Waals surface area contributed by atoms with Crippen LogP contribution in [-0.4, -0.2) is 50.7 Å². The van der Waals surface area contributed by atoms with Gasteiger partial charge in [0.1, 0.15) is 6.04 Å². The van der Waals surface area contributed by atoms with Gasteiger partial charge in [-0.05, 0) is 14.1 Å². The van der Waals surface area contributed by atoms with E-state index in [1.165, 1.54) is 7.11 Å². The van der Waals surface area contributed by atoms with Crippen LogP contribution in [-0.2, 0) is 19.1 Å². The number of likely N-dealkylation sites (N-methyl/N-ethyl adjacent to an activating group) is 1. The highest BCUT2D eigenvalue weighted by molar-refractivity contribution is 5.81. The Balaban J connectivity index is 4.02. The van der Waals surface area contributed by atoms with Gasteiger partial charge in [-0.1, -0.05) is 6.58 Å². The Hall–Kier alpha value is -1.36. The van der Waals surface area contributed by atoms with Gasteiger partial charge in [0.15, 0.2) is 0 Å². The maximum atomic E-state index is 11.3. The molecule has 5 nitrogen and oxygen atoms in total. The van der Waals surface area contributed by atoms with Gasteiger partial charge in [-0.25, -0.2) is 4.79 Å². The molecule has 1 unspecified atom stereocenters. The van der Waals surface area contributed by atoms with Crippen LogP contribution in [0.4, 0.5) is 0 Å². The highest BCUT2D eigenvalue weighted by Crippen LogP contribution is 2.02. The van der Waals surface area contributed by atoms with Crippen molar-refractivity contribution in [1.82, 2.24) is 4.90 Å². The zero-order chi connectivity index (χ0) is 11.8. The largest absolute Gasteiger partial charge is 0.468 e. The number of hydrogen-bond acceptors (Lipinski definition) is 5. The van der Waals surface area contributed by atoms with Crippen LogP contribution in [0.15, 0.2) is 12.7 Å². The predicted molar refractivity (Wildman–Crippen MR) is 55.3 cm³/mol. The van der Waals surface area contributed by atoms with Crippen LogP contribution in [0.5, 0.6) is 0 Å². The lowest BCUT2D eigenvalue weighted by molar-refractivity contribution is -0.148. The number of nitrogens with zero attached hydrogens (tertiary/aromatic N) is 1. The van der Waals surface area contributed by atoms with Crippen LogP contribution < -0.4 is 0 Å². The normalized spacial score (nSPS) is 12.0. The van der Waals surface area contributed by atoms with Gasteiger partial charge < -0.3 is 9.47 Å². The molecule has 0 N–H and O–H groups in total. The van der Waals surface area contributed by atoms with Gasteiger partial charge in [-0.2, -0.15) is 0 Å². The summed E-state index contributed by atoms with van der Waals surface area (Å²) < 4.78 is 9.39. The van der Waals surface area contributed by atoms with Gasteiger partial charge in [0.25, 0.3) is 0 Å². The molecule has 0 fully saturated rings. The number of methoxy groups -OCH3 is 1. The molecule has 1 atom stereocenters. The SMILES string of the molecule is C=CC(=O)OCCC(C(=O)OC)N(C)C. The second-order valence-electron chi connectivity index (χ2n) is 3.16. The number of rotatable bonds is 6. The maximum absolute atomic E-state index is 11.3. The Morgan fingerprint density at radius 2 is 2.07 bits per heavy atom. The molecular weight excluding hydrogens is 198 g/mol. The Labute approximate surface area is 89.6 Å². The number of esters is 2. The van der Waals surface area contributed by atoms with Crippen LogP contribution >= 0.6 is 0 Å². The van der Waals surface area contributed by atoms with Crippen molar-refractivity contribution in [3.63, 3.8) is 0 Å². The van der Waals surface area contributed by atoms with E-state index in [2.05, 4.69) is 11.3 Å². The van der Waals surface area contributed by atoms with Gasteiger partial charge in [0, 0.05) is 12.5 Å². The first kappa shape index (κ1) is 13.6. The van der Waals surface area contributed by atoms with E-state index in [4.69, 9.17) is 4.74 Å². The summed E-state index contributed by atoms with van der Waals surface area (Å²) in [5.41, 5.74) is 0. The molecule has 0 aromatic carbocycles. The van der Waals surface area contributed by atoms with Gasteiger partial charge in [0.2, 0.25) is 0 Å². The molecule has 86 valence electrons. The summed E-state index contributed by atoms with van der Waals surface area (Å²) in [6.07, 6.45) is 1.49. The van der Waals surface area contributed by atoms with Crippen molar-refractivity contribution in [3.8, 4) is 0 Å². The molecule has 0 aliphatic heterocycles. The van der Waals surface area contributed by atoms with Crippen LogP contribution in [0.25, 0.3) is 0 Å². The van der Waals surface area contributed by atoms with Crippen molar-refractivity contribution < 1.29 is 19.1 Å². The number of carbonyl (C=O) groups is 2. The summed E-state index contributed by atoms with van der Waals surface area (Å²) in [5.74, 6) is -0.827. The first-order chi connectivity index (χ1) is 7.02. The van der Waals surface area contributed by atoms with Crippen LogP contribution in [0, 0.1) is 0 Å². The molecule has 0 spiro atoms. The Morgan fingerprint density at radius 1 is 1.47 bits per heavy atom. The molecule has 0 radical (unpaired) electrons. The van der Waals surface area contributed by atoms with Crippen molar-refractivity contribution in [3.05, 3.63) is 12.7 Å². The molecule has 0 heterocycles. The fourth-order valence-electron chi connectivity index (χ4n) is 1.05. The van der Waals surface area contributed by atoms with E-state index in [9.17, 15) is 9.59 Å². The molecule has 0 amide bonds. The quantitative estimate of drug-likeness (QED) is 0.468. The van der Waals surface area contributed by atoms with Crippen LogP contribution in [0.3, 0.4) is 0 Å². The van der Waals surface area contributed by atoms with Crippen LogP contribution in [0.2, 0.25) is 0 Å². The lowest BCUT2D eigenvalue weighted by Gasteiger charge is -2.21. The lowest BCUT2D eigenvalue weighted by Crippen LogP contribution is -2.37. The Kier molecular flexibility index (Phi) is 6.37. The van der Waals surface area contributed by atoms with E-state index in [0.717, 1.165) is 6.08 Å². The van der Waals surface area contributed by atoms with Gasteiger partial charge in [-0.15, -0.1) is 0 Å². The fourth-order valence-corrected chi connectivity index (χ4v) is 1.05. The Bertz CT molecular complexity index is 238. The van der Waals surface area contributed by atoms with Crippen molar-refractivity contribution in [2.45, 2.75) is 12.5 Å². The molecule has 0 saturated heterocycles. The van der Waals surface area contributed by atoms with Crippen molar-refractivity contribution >= 4 is 11.9 Å². The van der Waals surface area contributed by atoms with Gasteiger partial charge in [-0.3, -0.25) is 9.69 Å². The number of ether oxygens (including phenoxy) is 2. The van der Waals surface area contributed by atoms with E-state index in [1.54, 1.807) is 19.0 Å². The highest BCUT2D eigenvalue weighted by Gasteiger charge is 2.21. The van der Waals surface area contributed by atoms with Crippen molar-refractivity contribution in [2.75, 3.05) is 27.8 Å². The monoisotopic (exact) mass is 215 g/mol. The van der Waals surface area contributed by atoms with E-state index in [1.807, 2.05) is 0 Å². The maximum Gasteiger partial charge on any atom is 0.330 e. The molecule has 0 aliphatic carbocycles. The standard InChI is InChI=1S/C10H17NO4/c1-5-9(12)15-7-6-8(11(2)3)10(13)14-4/h5,8H,1,6-7H2,2-4H3. The van der Waals surface area contributed by atoms with Gasteiger partial charge in [0.05, 0.1) is 13.7 Å². The summed E-state index contributed by atoms with van der Waals surface area (Å²) in [6, 6.07) is -0.396. The van der Waals surface area contributed by atoms with E-state index in [-0.39, 0.29) is 12.6 Å². The number of hydrogen-bond donors (Lipinski definition) is 0. The second-order valence-corrected chi connectivity index (χ2v) is 3.16. The second kappa shape index (κ2) is 7.00. The zero-order valence-electron chi connectivity index (χ0n) is 9.36. The number of carbonyl (C=O) groups excluding carboxylic acids is 2. The summed E-state index contributed by atoms with van der Waals surface area (Å²) in [7, 11) is 4.85. The minimum atomic E-state index is -0.489. The fraction of sp³-hybridized carbons (Fsp3) is 0.600. The topological polar surface area (TPSA) is 55.8 Å². The molecule has 0 bridgehead atoms. The average molecular weight is 215 g/mol. The molecule has 5 heteroatoms. The molecule has 0 aliphatic rings. The summed E-state index contributed by atoms with van der Waals surface area (Å²) >= 11 is 0. The first-order valence-corrected chi connectivity index (χ1v) is 4.56. The van der Waals surface area contributed by atoms with E-state index < -0.39 is 12.0 Å². The van der Waals surface area contributed by atoms with Gasteiger partial charge >= 0.3 is 11.9 Å². The van der Waals surface area contributed by atoms with Crippen molar-refractivity contribution in [1.29, 1.82) is 0 Å². The zero-order valence-corrected chi connectivity index (χ0v) is 9.36. The molecule has 0 saturated carbocycles. The summed E-state index contributed by atoms with van der Waals surface area (Å²) in [4.78, 5) is 23.7. The average Bonchev–Trinajstić information content (AvgIpc) is 2.22. The predicted octanol–water partition coefficient (Wildman–Crippen LogP) is 0.209. The summed E-state index contributed by atoms with van der Waals surface area (Å²) in [6.45, 7) is 3.44. The third-order valence-electron chi connectivity index (χ3n) is 1.90. The molecule has 0 aromatic rings. The highest BCUT2D eigenvalue weighted by atomic mass is 16.5. The van der Waals surface area contributed by atoms with E-state index >= 15 is 0 Å². The Morgan fingerprint density at radius 3 is 2.47 bits per heavy atom. The first-order valence-electron chi connectivity index (χ1n) is 4.56. The smallest absolute Gasteiger partial charge is 0.330 e. The third-order valence-corrected chi connectivity index (χ3v) is 1.90. The summed E-state index contributed by atoms with van der Waals surface area (Å²) in [5, 5.41) is 0. The minimum Gasteiger partial charge on any atom is -0.468 e. The molecule has 0 aromatic heterocycles. The molecule has 0 rings (SSSR count). The minimum absolute atomic E-state index is 0.169.